The number of benzene rings is 3. The van der Waals surface area contributed by atoms with Crippen molar-refractivity contribution in [2.75, 3.05) is 13.2 Å². The van der Waals surface area contributed by atoms with Gasteiger partial charge < -0.3 is 14.4 Å². The molecule has 0 N–H and O–H groups in total. The van der Waals surface area contributed by atoms with E-state index < -0.39 is 0 Å². The predicted molar refractivity (Wildman–Crippen MR) is 149 cm³/mol. The fraction of sp³-hybridized carbons (Fsp3) is 0.212. The summed E-state index contributed by atoms with van der Waals surface area (Å²) < 4.78 is 10.2. The van der Waals surface area contributed by atoms with Gasteiger partial charge in [-0.1, -0.05) is 60.4 Å². The molecule has 4 aromatic rings. The van der Waals surface area contributed by atoms with E-state index in [9.17, 15) is 9.90 Å². The van der Waals surface area contributed by atoms with Gasteiger partial charge in [-0.2, -0.15) is 4.58 Å². The Morgan fingerprint density at radius 2 is 1.66 bits per heavy atom. The minimum absolute atomic E-state index is 0.186. The SMILES string of the molecule is Cc1c(C2=C([O-])/C(=C\C3=[N+](CCOc4ccccc4)c4ccccc4C3(C)C)C2=O)c2ccccc2n1C. The largest absolute Gasteiger partial charge is 0.871 e. The van der Waals surface area contributed by atoms with Crippen LogP contribution in [0.15, 0.2) is 96.3 Å². The highest BCUT2D eigenvalue weighted by atomic mass is 16.5. The number of Topliss-reactive ketones (excluding diaryl/α,β-unsaturated/α-hetero) is 1. The van der Waals surface area contributed by atoms with Crippen LogP contribution in [-0.2, 0) is 17.3 Å². The molecule has 0 saturated heterocycles. The second kappa shape index (κ2) is 8.88. The number of allylic oxidation sites excluding steroid dienone is 3. The zero-order valence-corrected chi connectivity index (χ0v) is 22.1. The molecule has 1 aliphatic carbocycles. The van der Waals surface area contributed by atoms with Crippen molar-refractivity contribution in [3.05, 3.63) is 113 Å². The van der Waals surface area contributed by atoms with Crippen LogP contribution in [0.1, 0.15) is 30.7 Å². The summed E-state index contributed by atoms with van der Waals surface area (Å²) in [5, 5.41) is 14.5. The molecule has 0 saturated carbocycles. The third kappa shape index (κ3) is 3.53. The van der Waals surface area contributed by atoms with Gasteiger partial charge in [0.05, 0.1) is 5.41 Å². The van der Waals surface area contributed by atoms with Crippen molar-refractivity contribution in [2.45, 2.75) is 26.2 Å². The lowest BCUT2D eigenvalue weighted by Gasteiger charge is -2.31. The molecule has 0 atom stereocenters. The van der Waals surface area contributed by atoms with Crippen LogP contribution in [-0.4, -0.2) is 33.8 Å². The standard InChI is InChI=1S/C33H30N2O3/c1-21-29(23-14-8-10-16-26(23)34(21)4)30-31(36)24(32(30)37)20-28-33(2,3)25-15-9-11-17-27(25)35(28)18-19-38-22-12-6-5-7-13-22/h5-17,20H,18-19H2,1-4H3. The summed E-state index contributed by atoms with van der Waals surface area (Å²) in [6.07, 6.45) is 1.82. The minimum atomic E-state index is -0.373. The summed E-state index contributed by atoms with van der Waals surface area (Å²) in [4.78, 5) is 13.6. The first-order valence-electron chi connectivity index (χ1n) is 13.0. The highest BCUT2D eigenvalue weighted by Gasteiger charge is 2.45. The molecule has 6 rings (SSSR count). The van der Waals surface area contributed by atoms with Crippen LogP contribution in [0.5, 0.6) is 5.75 Å². The lowest BCUT2D eigenvalue weighted by Crippen LogP contribution is -2.34. The normalized spacial score (nSPS) is 17.4. The Balaban J connectivity index is 1.42. The maximum absolute atomic E-state index is 13.6. The lowest BCUT2D eigenvalue weighted by atomic mass is 9.77. The van der Waals surface area contributed by atoms with Crippen molar-refractivity contribution in [3.8, 4) is 5.75 Å². The van der Waals surface area contributed by atoms with Gasteiger partial charge in [0.25, 0.3) is 0 Å². The summed E-state index contributed by atoms with van der Waals surface area (Å²) in [5.74, 6) is 0.441. The molecule has 1 aromatic heterocycles. The maximum atomic E-state index is 13.6. The molecule has 0 unspecified atom stereocenters. The summed E-state index contributed by atoms with van der Waals surface area (Å²) in [7, 11) is 1.97. The van der Waals surface area contributed by atoms with E-state index in [1.807, 2.05) is 91.3 Å². The quantitative estimate of drug-likeness (QED) is 0.268. The number of hydrogen-bond acceptors (Lipinski definition) is 3. The summed E-state index contributed by atoms with van der Waals surface area (Å²) in [6, 6.07) is 25.9. The van der Waals surface area contributed by atoms with E-state index in [0.29, 0.717) is 18.7 Å². The second-order valence-corrected chi connectivity index (χ2v) is 10.5. The minimum Gasteiger partial charge on any atom is -0.871 e. The van der Waals surface area contributed by atoms with E-state index in [1.54, 1.807) is 0 Å². The summed E-state index contributed by atoms with van der Waals surface area (Å²) in [5.41, 5.74) is 6.02. The molecule has 3 aromatic carbocycles. The topological polar surface area (TPSA) is 57.3 Å². The molecular formula is C33H30N2O3. The molecule has 5 nitrogen and oxygen atoms in total. The van der Waals surface area contributed by atoms with Crippen LogP contribution in [0.2, 0.25) is 0 Å². The van der Waals surface area contributed by atoms with Gasteiger partial charge in [-0.25, -0.2) is 0 Å². The molecule has 0 spiro atoms. The van der Waals surface area contributed by atoms with Gasteiger partial charge in [-0.15, -0.1) is 0 Å². The number of ether oxygens (including phenoxy) is 1. The van der Waals surface area contributed by atoms with Gasteiger partial charge in [-0.3, -0.25) is 4.79 Å². The van der Waals surface area contributed by atoms with Gasteiger partial charge in [0, 0.05) is 58.1 Å². The number of aromatic nitrogens is 1. The first-order valence-corrected chi connectivity index (χ1v) is 13.0. The van der Waals surface area contributed by atoms with Crippen LogP contribution in [0.3, 0.4) is 0 Å². The van der Waals surface area contributed by atoms with Crippen molar-refractivity contribution in [2.24, 2.45) is 7.05 Å². The Hall–Kier alpha value is -4.38. The molecule has 0 radical (unpaired) electrons. The predicted octanol–water partition coefficient (Wildman–Crippen LogP) is 5.22. The summed E-state index contributed by atoms with van der Waals surface area (Å²) >= 11 is 0. The highest BCUT2D eigenvalue weighted by Crippen LogP contribution is 2.44. The Morgan fingerprint density at radius 1 is 0.974 bits per heavy atom. The Morgan fingerprint density at radius 3 is 2.42 bits per heavy atom. The van der Waals surface area contributed by atoms with Gasteiger partial charge in [0.1, 0.15) is 12.4 Å². The molecule has 190 valence electrons. The van der Waals surface area contributed by atoms with E-state index in [1.165, 1.54) is 5.56 Å². The third-order valence-electron chi connectivity index (χ3n) is 8.00. The first-order chi connectivity index (χ1) is 18.3. The first kappa shape index (κ1) is 24.0. The van der Waals surface area contributed by atoms with Gasteiger partial charge in [0.15, 0.2) is 18.0 Å². The number of fused-ring (bicyclic) bond motifs is 2. The monoisotopic (exact) mass is 502 g/mol. The van der Waals surface area contributed by atoms with E-state index in [2.05, 4.69) is 30.6 Å². The van der Waals surface area contributed by atoms with E-state index in [0.717, 1.165) is 39.3 Å². The molecular weight excluding hydrogens is 472 g/mol. The average Bonchev–Trinajstić information content (AvgIpc) is 3.30. The van der Waals surface area contributed by atoms with E-state index >= 15 is 0 Å². The molecule has 5 heteroatoms. The van der Waals surface area contributed by atoms with E-state index in [4.69, 9.17) is 4.74 Å². The number of carbonyl (C=O) groups is 1. The van der Waals surface area contributed by atoms with Gasteiger partial charge in [0.2, 0.25) is 5.69 Å². The fourth-order valence-electron chi connectivity index (χ4n) is 5.86. The number of ketones is 1. The third-order valence-corrected chi connectivity index (χ3v) is 8.00. The number of carbonyl (C=O) groups excluding carboxylic acids is 1. The average molecular weight is 503 g/mol. The molecule has 1 aliphatic heterocycles. The molecule has 2 aliphatic rings. The maximum Gasteiger partial charge on any atom is 0.209 e. The number of aryl methyl sites for hydroxylation is 1. The zero-order valence-electron chi connectivity index (χ0n) is 22.1. The van der Waals surface area contributed by atoms with Crippen molar-refractivity contribution in [3.63, 3.8) is 0 Å². The fourth-order valence-corrected chi connectivity index (χ4v) is 5.86. The molecule has 0 bridgehead atoms. The number of nitrogens with zero attached hydrogens (tertiary/aromatic N) is 2. The molecule has 38 heavy (non-hydrogen) atoms. The van der Waals surface area contributed by atoms with Crippen molar-refractivity contribution in [1.29, 1.82) is 0 Å². The van der Waals surface area contributed by atoms with Crippen molar-refractivity contribution < 1.29 is 19.2 Å². The number of hydrogen-bond donors (Lipinski definition) is 0. The lowest BCUT2D eigenvalue weighted by molar-refractivity contribution is -0.439. The Kier molecular flexibility index (Phi) is 5.60. The second-order valence-electron chi connectivity index (χ2n) is 10.5. The molecule has 0 amide bonds. The van der Waals surface area contributed by atoms with E-state index in [-0.39, 0.29) is 22.5 Å². The van der Waals surface area contributed by atoms with Crippen molar-refractivity contribution in [1.82, 2.24) is 4.57 Å². The zero-order chi connectivity index (χ0) is 26.6. The number of rotatable bonds is 6. The van der Waals surface area contributed by atoms with Crippen LogP contribution in [0, 0.1) is 6.92 Å². The molecule has 0 fully saturated rings. The smallest absolute Gasteiger partial charge is 0.209 e. The summed E-state index contributed by atoms with van der Waals surface area (Å²) in [6.45, 7) is 7.31. The molecule has 2 heterocycles. The van der Waals surface area contributed by atoms with Crippen LogP contribution < -0.4 is 9.84 Å². The van der Waals surface area contributed by atoms with Crippen LogP contribution in [0.4, 0.5) is 5.69 Å². The Labute approximate surface area is 222 Å². The van der Waals surface area contributed by atoms with Crippen molar-refractivity contribution >= 4 is 33.7 Å². The van der Waals surface area contributed by atoms with Gasteiger partial charge >= 0.3 is 0 Å². The highest BCUT2D eigenvalue weighted by molar-refractivity contribution is 6.41. The van der Waals surface area contributed by atoms with Gasteiger partial charge in [-0.05, 0) is 39.0 Å². The Bertz CT molecular complexity index is 1700. The number of para-hydroxylation sites is 3. The van der Waals surface area contributed by atoms with Crippen LogP contribution in [0.25, 0.3) is 16.5 Å². The van der Waals surface area contributed by atoms with Crippen LogP contribution >= 0.6 is 0 Å².